The third kappa shape index (κ3) is 4.04. The lowest BCUT2D eigenvalue weighted by Crippen LogP contribution is -2.15. The molecule has 0 bridgehead atoms. The fourth-order valence-electron chi connectivity index (χ4n) is 3.39. The summed E-state index contributed by atoms with van der Waals surface area (Å²) in [6, 6.07) is 17.9. The maximum atomic E-state index is 13.4. The molecule has 0 aliphatic carbocycles. The summed E-state index contributed by atoms with van der Waals surface area (Å²) in [6.07, 6.45) is 0. The first-order valence-corrected chi connectivity index (χ1v) is 11.6. The maximum Gasteiger partial charge on any atom is 0.341 e. The van der Waals surface area contributed by atoms with Gasteiger partial charge in [-0.3, -0.25) is 4.72 Å². The van der Waals surface area contributed by atoms with Gasteiger partial charge in [-0.1, -0.05) is 42.5 Å². The van der Waals surface area contributed by atoms with Gasteiger partial charge in [-0.2, -0.15) is 0 Å². The van der Waals surface area contributed by atoms with Crippen LogP contribution in [0.5, 0.6) is 0 Å². The van der Waals surface area contributed by atoms with Crippen LogP contribution >= 0.6 is 11.3 Å². The number of carbonyl (C=O) groups is 1. The Labute approximate surface area is 183 Å². The van der Waals surface area contributed by atoms with Crippen LogP contribution < -0.4 is 4.72 Å². The van der Waals surface area contributed by atoms with Crippen molar-refractivity contribution in [2.75, 3.05) is 11.8 Å². The van der Waals surface area contributed by atoms with Crippen molar-refractivity contribution in [2.45, 2.75) is 11.8 Å². The number of ether oxygens (including phenoxy) is 1. The number of anilines is 1. The van der Waals surface area contributed by atoms with Crippen LogP contribution in [0.15, 0.2) is 71.6 Å². The molecule has 0 fully saturated rings. The normalized spacial score (nSPS) is 11.5. The SMILES string of the molecule is COC(=O)c1c(NS(=O)(=O)c2ccc3ccccc3c2)sc(C)c1-c1ccc(F)cc1. The summed E-state index contributed by atoms with van der Waals surface area (Å²) < 4.78 is 47.0. The van der Waals surface area contributed by atoms with Crippen LogP contribution in [0, 0.1) is 12.7 Å². The lowest BCUT2D eigenvalue weighted by Gasteiger charge is -2.10. The summed E-state index contributed by atoms with van der Waals surface area (Å²) in [6.45, 7) is 1.77. The van der Waals surface area contributed by atoms with Crippen LogP contribution in [0.1, 0.15) is 15.2 Å². The van der Waals surface area contributed by atoms with Crippen LogP contribution in [-0.4, -0.2) is 21.5 Å². The fourth-order valence-corrected chi connectivity index (χ4v) is 5.80. The topological polar surface area (TPSA) is 72.5 Å². The minimum atomic E-state index is -3.97. The Balaban J connectivity index is 1.80. The first-order valence-electron chi connectivity index (χ1n) is 9.29. The summed E-state index contributed by atoms with van der Waals surface area (Å²) >= 11 is 1.12. The molecule has 0 saturated heterocycles. The van der Waals surface area contributed by atoms with Gasteiger partial charge in [0.15, 0.2) is 0 Å². The zero-order chi connectivity index (χ0) is 22.2. The van der Waals surface area contributed by atoms with Crippen molar-refractivity contribution in [3.8, 4) is 11.1 Å². The molecule has 5 nitrogen and oxygen atoms in total. The second-order valence-corrected chi connectivity index (χ2v) is 9.76. The predicted molar refractivity (Wildman–Crippen MR) is 121 cm³/mol. The molecular formula is C23H18FNO4S2. The molecule has 0 atom stereocenters. The van der Waals surface area contributed by atoms with Gasteiger partial charge < -0.3 is 4.74 Å². The Morgan fingerprint density at radius 1 is 1.00 bits per heavy atom. The average molecular weight is 456 g/mol. The molecular weight excluding hydrogens is 437 g/mol. The third-order valence-electron chi connectivity index (χ3n) is 4.86. The minimum absolute atomic E-state index is 0.0800. The lowest BCUT2D eigenvalue weighted by atomic mass is 10.0. The molecule has 1 heterocycles. The third-order valence-corrected chi connectivity index (χ3v) is 7.36. The molecule has 158 valence electrons. The number of aryl methyl sites for hydroxylation is 1. The molecule has 0 amide bonds. The predicted octanol–water partition coefficient (Wildman–Crippen LogP) is 5.60. The second-order valence-electron chi connectivity index (χ2n) is 6.85. The molecule has 1 N–H and O–H groups in total. The number of nitrogens with one attached hydrogen (secondary N) is 1. The smallest absolute Gasteiger partial charge is 0.341 e. The van der Waals surface area contributed by atoms with Crippen molar-refractivity contribution >= 4 is 43.1 Å². The number of fused-ring (bicyclic) bond motifs is 1. The van der Waals surface area contributed by atoms with Crippen molar-refractivity contribution in [1.82, 2.24) is 0 Å². The number of hydrogen-bond donors (Lipinski definition) is 1. The van der Waals surface area contributed by atoms with Gasteiger partial charge in [0, 0.05) is 10.4 Å². The van der Waals surface area contributed by atoms with Gasteiger partial charge in [0.2, 0.25) is 0 Å². The second kappa shape index (κ2) is 8.13. The summed E-state index contributed by atoms with van der Waals surface area (Å²) in [5.74, 6) is -1.09. The number of hydrogen-bond acceptors (Lipinski definition) is 5. The molecule has 4 aromatic rings. The molecule has 0 unspecified atom stereocenters. The summed E-state index contributed by atoms with van der Waals surface area (Å²) in [5.41, 5.74) is 1.20. The molecule has 0 aliphatic rings. The summed E-state index contributed by atoms with van der Waals surface area (Å²) in [5, 5.41) is 1.85. The largest absolute Gasteiger partial charge is 0.465 e. The van der Waals surface area contributed by atoms with E-state index in [9.17, 15) is 17.6 Å². The fraction of sp³-hybridized carbons (Fsp3) is 0.0870. The standard InChI is InChI=1S/C23H18FNO4S2/c1-14-20(16-7-10-18(24)11-8-16)21(23(26)29-2)22(30-14)25-31(27,28)19-12-9-15-5-3-4-6-17(15)13-19/h3-13,25H,1-2H3. The Morgan fingerprint density at radius 3 is 2.35 bits per heavy atom. The van der Waals surface area contributed by atoms with E-state index < -0.39 is 21.8 Å². The van der Waals surface area contributed by atoms with Gasteiger partial charge in [-0.05, 0) is 47.5 Å². The Hall–Kier alpha value is -3.23. The number of carbonyl (C=O) groups excluding carboxylic acids is 1. The van der Waals surface area contributed by atoms with Crippen LogP contribution in [0.2, 0.25) is 0 Å². The molecule has 0 aliphatic heterocycles. The van der Waals surface area contributed by atoms with Crippen molar-refractivity contribution < 1.29 is 22.3 Å². The van der Waals surface area contributed by atoms with E-state index in [0.717, 1.165) is 22.1 Å². The van der Waals surface area contributed by atoms with Gasteiger partial charge in [0.25, 0.3) is 10.0 Å². The van der Waals surface area contributed by atoms with E-state index in [2.05, 4.69) is 4.72 Å². The number of methoxy groups -OCH3 is 1. The van der Waals surface area contributed by atoms with E-state index in [-0.39, 0.29) is 15.5 Å². The van der Waals surface area contributed by atoms with Gasteiger partial charge in [0.05, 0.1) is 12.0 Å². The Bertz CT molecular complexity index is 1390. The summed E-state index contributed by atoms with van der Waals surface area (Å²) in [4.78, 5) is 13.4. The number of rotatable bonds is 5. The quantitative estimate of drug-likeness (QED) is 0.398. The van der Waals surface area contributed by atoms with E-state index in [1.165, 1.54) is 25.3 Å². The molecule has 1 aromatic heterocycles. The highest BCUT2D eigenvalue weighted by Gasteiger charge is 2.27. The first-order chi connectivity index (χ1) is 14.8. The number of halogens is 1. The lowest BCUT2D eigenvalue weighted by molar-refractivity contribution is 0.0603. The number of sulfonamides is 1. The molecule has 0 saturated carbocycles. The van der Waals surface area contributed by atoms with Gasteiger partial charge in [-0.15, -0.1) is 11.3 Å². The Kier molecular flexibility index (Phi) is 5.51. The molecule has 0 spiro atoms. The highest BCUT2D eigenvalue weighted by molar-refractivity contribution is 7.93. The minimum Gasteiger partial charge on any atom is -0.465 e. The zero-order valence-corrected chi connectivity index (χ0v) is 18.3. The van der Waals surface area contributed by atoms with Gasteiger partial charge >= 0.3 is 5.97 Å². The Morgan fingerprint density at radius 2 is 1.68 bits per heavy atom. The van der Waals surface area contributed by atoms with Crippen molar-refractivity contribution in [1.29, 1.82) is 0 Å². The van der Waals surface area contributed by atoms with Crippen LogP contribution in [0.3, 0.4) is 0 Å². The number of benzene rings is 3. The van der Waals surface area contributed by atoms with E-state index in [1.54, 1.807) is 31.2 Å². The van der Waals surface area contributed by atoms with Gasteiger partial charge in [-0.25, -0.2) is 17.6 Å². The molecule has 3 aromatic carbocycles. The van der Waals surface area contributed by atoms with Crippen molar-refractivity contribution in [3.63, 3.8) is 0 Å². The molecule has 8 heteroatoms. The first kappa shape index (κ1) is 21.0. The van der Waals surface area contributed by atoms with E-state index in [1.807, 2.05) is 24.3 Å². The monoisotopic (exact) mass is 455 g/mol. The van der Waals surface area contributed by atoms with Crippen molar-refractivity contribution in [2.24, 2.45) is 0 Å². The van der Waals surface area contributed by atoms with E-state index >= 15 is 0 Å². The molecule has 4 rings (SSSR count). The van der Waals surface area contributed by atoms with E-state index in [4.69, 9.17) is 4.74 Å². The average Bonchev–Trinajstić information content (AvgIpc) is 3.08. The molecule has 31 heavy (non-hydrogen) atoms. The van der Waals surface area contributed by atoms with Crippen molar-refractivity contribution in [3.05, 3.63) is 83.0 Å². The zero-order valence-electron chi connectivity index (χ0n) is 16.7. The van der Waals surface area contributed by atoms with Crippen LogP contribution in [0.4, 0.5) is 9.39 Å². The summed E-state index contributed by atoms with van der Waals surface area (Å²) in [7, 11) is -2.74. The van der Waals surface area contributed by atoms with Crippen LogP contribution in [0.25, 0.3) is 21.9 Å². The van der Waals surface area contributed by atoms with E-state index in [0.29, 0.717) is 16.0 Å². The highest BCUT2D eigenvalue weighted by Crippen LogP contribution is 2.41. The number of esters is 1. The van der Waals surface area contributed by atoms with Gasteiger partial charge in [0.1, 0.15) is 16.4 Å². The van der Waals surface area contributed by atoms with Crippen LogP contribution in [-0.2, 0) is 14.8 Å². The molecule has 0 radical (unpaired) electrons. The highest BCUT2D eigenvalue weighted by atomic mass is 32.2. The number of thiophene rings is 1. The maximum absolute atomic E-state index is 13.4.